The molecule has 0 radical (unpaired) electrons. The zero-order valence-electron chi connectivity index (χ0n) is 6.35. The fourth-order valence-electron chi connectivity index (χ4n) is 1.05. The number of hydrogen-bond donors (Lipinski definition) is 0. The normalized spacial score (nSPS) is 18.4. The summed E-state index contributed by atoms with van der Waals surface area (Å²) in [5, 5.41) is 0. The number of carbonyl (C=O) groups is 1. The largest absolute Gasteiger partial charge is 0.272 e. The molecule has 0 fully saturated rings. The van der Waals surface area contributed by atoms with Crippen molar-refractivity contribution in [3.63, 3.8) is 0 Å². The monoisotopic (exact) mass is 137 g/mol. The van der Waals surface area contributed by atoms with E-state index < -0.39 is 0 Å². The van der Waals surface area contributed by atoms with Crippen LogP contribution in [0.25, 0.3) is 0 Å². The van der Waals surface area contributed by atoms with Gasteiger partial charge in [0.05, 0.1) is 0 Å². The van der Waals surface area contributed by atoms with Crippen molar-refractivity contribution in [3.05, 3.63) is 11.1 Å². The molecule has 0 bridgehead atoms. The second-order valence-corrected chi connectivity index (χ2v) is 2.40. The molecule has 1 heterocycles. The fourth-order valence-corrected chi connectivity index (χ4v) is 1.05. The van der Waals surface area contributed by atoms with Gasteiger partial charge in [-0.1, -0.05) is 12.5 Å². The van der Waals surface area contributed by atoms with Crippen LogP contribution >= 0.6 is 0 Å². The Morgan fingerprint density at radius 1 is 1.70 bits per heavy atom. The van der Waals surface area contributed by atoms with E-state index in [1.807, 2.05) is 6.92 Å². The van der Waals surface area contributed by atoms with Crippen molar-refractivity contribution in [2.75, 3.05) is 0 Å². The van der Waals surface area contributed by atoms with Gasteiger partial charge in [0.25, 0.3) is 5.91 Å². The Bertz CT molecular complexity index is 213. The predicted molar refractivity (Wildman–Crippen MR) is 41.1 cm³/mol. The number of nitrogens with zero attached hydrogens (tertiary/aromatic N) is 1. The van der Waals surface area contributed by atoms with Gasteiger partial charge in [0.2, 0.25) is 0 Å². The highest BCUT2D eigenvalue weighted by atomic mass is 16.1. The Morgan fingerprint density at radius 2 is 2.40 bits per heavy atom. The van der Waals surface area contributed by atoms with E-state index in [-0.39, 0.29) is 5.91 Å². The van der Waals surface area contributed by atoms with E-state index in [0.717, 1.165) is 18.4 Å². The van der Waals surface area contributed by atoms with Crippen molar-refractivity contribution in [3.8, 4) is 0 Å². The molecule has 0 N–H and O–H groups in total. The van der Waals surface area contributed by atoms with E-state index >= 15 is 0 Å². The number of aliphatic imine (C=N–C) groups is 1. The third-order valence-electron chi connectivity index (χ3n) is 1.82. The van der Waals surface area contributed by atoms with Crippen LogP contribution in [0.1, 0.15) is 26.7 Å². The van der Waals surface area contributed by atoms with Gasteiger partial charge in [0, 0.05) is 18.2 Å². The molecule has 0 aromatic carbocycles. The second kappa shape index (κ2) is 2.78. The second-order valence-electron chi connectivity index (χ2n) is 2.40. The van der Waals surface area contributed by atoms with Crippen LogP contribution in [0.3, 0.4) is 0 Å². The minimum absolute atomic E-state index is 0.0666. The topological polar surface area (TPSA) is 29.4 Å². The third-order valence-corrected chi connectivity index (χ3v) is 1.82. The summed E-state index contributed by atoms with van der Waals surface area (Å²) in [7, 11) is 0. The maximum Gasteiger partial charge on any atom is 0.272 e. The smallest absolute Gasteiger partial charge is 0.267 e. The van der Waals surface area contributed by atoms with Gasteiger partial charge in [0.1, 0.15) is 0 Å². The van der Waals surface area contributed by atoms with Crippen molar-refractivity contribution in [1.82, 2.24) is 0 Å². The molecule has 0 aromatic rings. The molecular formula is C8H11NO. The third kappa shape index (κ3) is 1.15. The summed E-state index contributed by atoms with van der Waals surface area (Å²) in [6.45, 7) is 3.91. The lowest BCUT2D eigenvalue weighted by atomic mass is 10.0. The van der Waals surface area contributed by atoms with Gasteiger partial charge < -0.3 is 0 Å². The average molecular weight is 137 g/mol. The van der Waals surface area contributed by atoms with E-state index in [4.69, 9.17) is 0 Å². The molecule has 0 saturated carbocycles. The van der Waals surface area contributed by atoms with Gasteiger partial charge in [-0.2, -0.15) is 0 Å². The summed E-state index contributed by atoms with van der Waals surface area (Å²) < 4.78 is 0. The summed E-state index contributed by atoms with van der Waals surface area (Å²) in [5.74, 6) is -0.0666. The van der Waals surface area contributed by atoms with Crippen LogP contribution in [0, 0.1) is 0 Å². The molecule has 0 spiro atoms. The number of hydrogen-bond acceptors (Lipinski definition) is 1. The lowest BCUT2D eigenvalue weighted by Gasteiger charge is -2.08. The molecule has 2 nitrogen and oxygen atoms in total. The van der Waals surface area contributed by atoms with E-state index in [9.17, 15) is 4.79 Å². The lowest BCUT2D eigenvalue weighted by Crippen LogP contribution is -2.05. The highest BCUT2D eigenvalue weighted by molar-refractivity contribution is 6.01. The summed E-state index contributed by atoms with van der Waals surface area (Å²) in [6.07, 6.45) is 3.51. The molecule has 2 heteroatoms. The van der Waals surface area contributed by atoms with Crippen molar-refractivity contribution < 1.29 is 4.79 Å². The van der Waals surface area contributed by atoms with Crippen molar-refractivity contribution in [2.24, 2.45) is 4.99 Å². The van der Waals surface area contributed by atoms with E-state index in [2.05, 4.69) is 11.9 Å². The first kappa shape index (κ1) is 7.19. The zero-order chi connectivity index (χ0) is 7.56. The summed E-state index contributed by atoms with van der Waals surface area (Å²) >= 11 is 0. The van der Waals surface area contributed by atoms with Crippen LogP contribution in [0.2, 0.25) is 0 Å². The maximum atomic E-state index is 10.9. The standard InChI is InChI=1S/C8H11NO/c1-3-7-4-5-9-8(10)6(7)2/h5H,3-4H2,1-2H3. The molecule has 1 amide bonds. The molecule has 0 atom stereocenters. The van der Waals surface area contributed by atoms with Crippen molar-refractivity contribution in [1.29, 1.82) is 0 Å². The summed E-state index contributed by atoms with van der Waals surface area (Å²) in [6, 6.07) is 0. The Hall–Kier alpha value is -0.920. The molecule has 0 aromatic heterocycles. The summed E-state index contributed by atoms with van der Waals surface area (Å²) in [4.78, 5) is 14.6. The number of amides is 1. The average Bonchev–Trinajstić information content (AvgIpc) is 1.95. The van der Waals surface area contributed by atoms with Crippen LogP contribution in [-0.2, 0) is 4.79 Å². The highest BCUT2D eigenvalue weighted by Crippen LogP contribution is 2.16. The Labute approximate surface area is 60.7 Å². The zero-order valence-corrected chi connectivity index (χ0v) is 6.35. The van der Waals surface area contributed by atoms with Gasteiger partial charge >= 0.3 is 0 Å². The van der Waals surface area contributed by atoms with Crippen LogP contribution in [0.5, 0.6) is 0 Å². The van der Waals surface area contributed by atoms with Crippen molar-refractivity contribution >= 4 is 12.1 Å². The van der Waals surface area contributed by atoms with E-state index in [1.54, 1.807) is 6.21 Å². The highest BCUT2D eigenvalue weighted by Gasteiger charge is 2.10. The molecule has 1 aliphatic heterocycles. The first-order valence-corrected chi connectivity index (χ1v) is 3.51. The Kier molecular flexibility index (Phi) is 2.00. The first-order chi connectivity index (χ1) is 4.75. The Morgan fingerprint density at radius 3 is 2.90 bits per heavy atom. The lowest BCUT2D eigenvalue weighted by molar-refractivity contribution is -0.114. The number of rotatable bonds is 1. The molecule has 0 unspecified atom stereocenters. The minimum atomic E-state index is -0.0666. The molecule has 0 aliphatic carbocycles. The van der Waals surface area contributed by atoms with Gasteiger partial charge in [-0.15, -0.1) is 0 Å². The van der Waals surface area contributed by atoms with Gasteiger partial charge in [-0.3, -0.25) is 4.79 Å². The minimum Gasteiger partial charge on any atom is -0.267 e. The van der Waals surface area contributed by atoms with Crippen LogP contribution in [0.15, 0.2) is 16.1 Å². The first-order valence-electron chi connectivity index (χ1n) is 3.51. The molecule has 1 rings (SSSR count). The number of carbonyl (C=O) groups excluding carboxylic acids is 1. The maximum absolute atomic E-state index is 10.9. The van der Waals surface area contributed by atoms with Crippen LogP contribution in [0.4, 0.5) is 0 Å². The van der Waals surface area contributed by atoms with Crippen LogP contribution < -0.4 is 0 Å². The predicted octanol–water partition coefficient (Wildman–Crippen LogP) is 1.71. The van der Waals surface area contributed by atoms with Crippen LogP contribution in [-0.4, -0.2) is 12.1 Å². The van der Waals surface area contributed by atoms with Crippen molar-refractivity contribution in [2.45, 2.75) is 26.7 Å². The quantitative estimate of drug-likeness (QED) is 0.541. The fraction of sp³-hybridized carbons (Fsp3) is 0.500. The van der Waals surface area contributed by atoms with Gasteiger partial charge in [-0.05, 0) is 13.3 Å². The van der Waals surface area contributed by atoms with E-state index in [0.29, 0.717) is 0 Å². The molecule has 0 saturated heterocycles. The van der Waals surface area contributed by atoms with Gasteiger partial charge in [0.15, 0.2) is 0 Å². The Balaban J connectivity index is 2.87. The SMILES string of the molecule is CCC1=C(C)C(=O)N=CC1. The molecule has 54 valence electrons. The molecule has 1 aliphatic rings. The van der Waals surface area contributed by atoms with Gasteiger partial charge in [-0.25, -0.2) is 4.99 Å². The van der Waals surface area contributed by atoms with E-state index in [1.165, 1.54) is 5.57 Å². The number of allylic oxidation sites excluding steroid dienone is 1. The summed E-state index contributed by atoms with van der Waals surface area (Å²) in [5.41, 5.74) is 2.06. The molecule has 10 heavy (non-hydrogen) atoms. The molecular weight excluding hydrogens is 126 g/mol. The number of dihydropyridines is 1.